The van der Waals surface area contributed by atoms with E-state index in [4.69, 9.17) is 0 Å². The molecule has 1 heteroatoms. The number of hydrogen-bond acceptors (Lipinski definition) is 0. The van der Waals surface area contributed by atoms with E-state index in [0.29, 0.717) is 5.92 Å². The fourth-order valence-corrected chi connectivity index (χ4v) is 3.52. The van der Waals surface area contributed by atoms with E-state index in [1.54, 1.807) is 3.26 Å². The van der Waals surface area contributed by atoms with Gasteiger partial charge in [-0.1, -0.05) is 0 Å². The maximum absolute atomic E-state index is 2.30. The molecular formula is C16H14Hf+2. The fraction of sp³-hybridized carbons (Fsp3) is 0.188. The first-order valence-corrected chi connectivity index (χ1v) is 7.79. The van der Waals surface area contributed by atoms with Gasteiger partial charge in [-0.15, -0.1) is 0 Å². The van der Waals surface area contributed by atoms with Crippen LogP contribution < -0.4 is 0 Å². The summed E-state index contributed by atoms with van der Waals surface area (Å²) in [6.07, 6.45) is 1.22. The molecule has 0 bridgehead atoms. The van der Waals surface area contributed by atoms with E-state index >= 15 is 0 Å². The Bertz CT molecular complexity index is 538. The Morgan fingerprint density at radius 2 is 1.41 bits per heavy atom. The van der Waals surface area contributed by atoms with Crippen molar-refractivity contribution >= 4 is 3.26 Å². The van der Waals surface area contributed by atoms with Crippen LogP contribution in [-0.2, 0) is 23.9 Å². The van der Waals surface area contributed by atoms with Crippen LogP contribution >= 0.6 is 0 Å². The predicted octanol–water partition coefficient (Wildman–Crippen LogP) is 3.93. The van der Waals surface area contributed by atoms with Gasteiger partial charge in [-0.25, -0.2) is 0 Å². The van der Waals surface area contributed by atoms with Crippen LogP contribution in [0.15, 0.2) is 48.5 Å². The summed E-state index contributed by atoms with van der Waals surface area (Å²) in [6.45, 7) is 2.29. The van der Waals surface area contributed by atoms with E-state index in [1.807, 2.05) is 0 Å². The van der Waals surface area contributed by atoms with Crippen LogP contribution in [0.5, 0.6) is 0 Å². The van der Waals surface area contributed by atoms with Gasteiger partial charge in [0.25, 0.3) is 0 Å². The Labute approximate surface area is 117 Å². The molecule has 17 heavy (non-hydrogen) atoms. The van der Waals surface area contributed by atoms with Crippen LogP contribution in [0.4, 0.5) is 0 Å². The molecule has 2 aromatic carbocycles. The summed E-state index contributed by atoms with van der Waals surface area (Å²) >= 11 is 1.20. The summed E-state index contributed by atoms with van der Waals surface area (Å²) < 4.78 is 1.64. The van der Waals surface area contributed by atoms with Crippen LogP contribution in [0, 0.1) is 0 Å². The summed E-state index contributed by atoms with van der Waals surface area (Å²) in [5.41, 5.74) is 5.92. The molecule has 0 saturated heterocycles. The Morgan fingerprint density at radius 3 is 1.88 bits per heavy atom. The number of fused-ring (bicyclic) bond motifs is 3. The summed E-state index contributed by atoms with van der Waals surface area (Å²) in [6, 6.07) is 17.7. The predicted molar refractivity (Wildman–Crippen MR) is 69.0 cm³/mol. The van der Waals surface area contributed by atoms with Crippen molar-refractivity contribution in [3.05, 3.63) is 59.7 Å². The van der Waals surface area contributed by atoms with Crippen molar-refractivity contribution in [3.8, 4) is 11.1 Å². The zero-order chi connectivity index (χ0) is 11.8. The van der Waals surface area contributed by atoms with E-state index in [9.17, 15) is 0 Å². The van der Waals surface area contributed by atoms with Crippen molar-refractivity contribution in [1.29, 1.82) is 0 Å². The molecule has 80 valence electrons. The van der Waals surface area contributed by atoms with Gasteiger partial charge in [0.1, 0.15) is 0 Å². The third-order valence-corrected chi connectivity index (χ3v) is 4.21. The van der Waals surface area contributed by atoms with Crippen molar-refractivity contribution < 1.29 is 23.9 Å². The molecule has 0 unspecified atom stereocenters. The second-order valence-electron chi connectivity index (χ2n) is 4.71. The zero-order valence-electron chi connectivity index (χ0n) is 9.90. The van der Waals surface area contributed by atoms with Gasteiger partial charge in [-0.05, 0) is 0 Å². The van der Waals surface area contributed by atoms with Crippen molar-refractivity contribution in [2.24, 2.45) is 0 Å². The van der Waals surface area contributed by atoms with Crippen molar-refractivity contribution in [3.63, 3.8) is 0 Å². The van der Waals surface area contributed by atoms with Crippen LogP contribution in [0.25, 0.3) is 11.1 Å². The van der Waals surface area contributed by atoms with Crippen molar-refractivity contribution in [1.82, 2.24) is 0 Å². The SMILES string of the molecule is C[C](=[Hf+2])CC1c2ccccc2-c2ccccc21. The third kappa shape index (κ3) is 1.91. The monoisotopic (exact) mass is 386 g/mol. The van der Waals surface area contributed by atoms with Gasteiger partial charge in [0, 0.05) is 0 Å². The molecule has 0 heterocycles. The van der Waals surface area contributed by atoms with E-state index < -0.39 is 0 Å². The molecule has 0 aromatic heterocycles. The molecule has 0 saturated carbocycles. The Hall–Kier alpha value is -0.820. The maximum atomic E-state index is 2.30. The van der Waals surface area contributed by atoms with Gasteiger partial charge >= 0.3 is 117 Å². The molecule has 0 amide bonds. The molecule has 0 spiro atoms. The zero-order valence-corrected chi connectivity index (χ0v) is 13.5. The molecule has 0 nitrogen and oxygen atoms in total. The Morgan fingerprint density at radius 1 is 0.941 bits per heavy atom. The molecule has 0 fully saturated rings. The number of benzene rings is 2. The second-order valence-corrected chi connectivity index (χ2v) is 7.78. The van der Waals surface area contributed by atoms with Crippen LogP contribution in [0.2, 0.25) is 0 Å². The van der Waals surface area contributed by atoms with Gasteiger partial charge in [-0.3, -0.25) is 0 Å². The molecule has 1 aliphatic rings. The average Bonchev–Trinajstić information content (AvgIpc) is 2.65. The number of hydrogen-bond donors (Lipinski definition) is 0. The molecule has 0 aliphatic heterocycles. The summed E-state index contributed by atoms with van der Waals surface area (Å²) in [5.74, 6) is 0.597. The van der Waals surface area contributed by atoms with E-state index in [-0.39, 0.29) is 0 Å². The van der Waals surface area contributed by atoms with Crippen LogP contribution in [0.1, 0.15) is 30.4 Å². The number of rotatable bonds is 2. The second kappa shape index (κ2) is 4.45. The molecule has 0 atom stereocenters. The van der Waals surface area contributed by atoms with Crippen molar-refractivity contribution in [2.75, 3.05) is 0 Å². The quantitative estimate of drug-likeness (QED) is 0.688. The van der Waals surface area contributed by atoms with E-state index in [1.165, 1.54) is 52.6 Å². The standard InChI is InChI=1S/C16H14.Hf/c1-2-7-12-13-8-3-5-10-15(13)16-11-6-4-9-14(12)16;/h3-6,8-12H,7H2,1H3;/q;+2. The molecule has 0 N–H and O–H groups in total. The fourth-order valence-electron chi connectivity index (χ4n) is 2.79. The molecule has 0 radical (unpaired) electrons. The summed E-state index contributed by atoms with van der Waals surface area (Å²) in [5, 5.41) is 0. The Balaban J connectivity index is 2.20. The van der Waals surface area contributed by atoms with Gasteiger partial charge in [0.15, 0.2) is 0 Å². The van der Waals surface area contributed by atoms with Gasteiger partial charge in [0.05, 0.1) is 0 Å². The molecule has 2 aromatic rings. The van der Waals surface area contributed by atoms with E-state index in [2.05, 4.69) is 55.5 Å². The minimum atomic E-state index is 0.597. The first kappa shape index (κ1) is 11.3. The van der Waals surface area contributed by atoms with Crippen LogP contribution in [-0.4, -0.2) is 3.26 Å². The minimum absolute atomic E-state index is 0.597. The first-order chi connectivity index (χ1) is 8.27. The van der Waals surface area contributed by atoms with Gasteiger partial charge in [0.2, 0.25) is 0 Å². The van der Waals surface area contributed by atoms with Gasteiger partial charge < -0.3 is 0 Å². The van der Waals surface area contributed by atoms with Crippen LogP contribution in [0.3, 0.4) is 0 Å². The molecule has 3 rings (SSSR count). The first-order valence-electron chi connectivity index (χ1n) is 5.99. The van der Waals surface area contributed by atoms with Crippen molar-refractivity contribution in [2.45, 2.75) is 19.3 Å². The van der Waals surface area contributed by atoms with E-state index in [0.717, 1.165) is 0 Å². The average molecular weight is 385 g/mol. The third-order valence-electron chi connectivity index (χ3n) is 3.47. The summed E-state index contributed by atoms with van der Waals surface area (Å²) in [7, 11) is 0. The topological polar surface area (TPSA) is 0 Å². The van der Waals surface area contributed by atoms with Gasteiger partial charge in [-0.2, -0.15) is 0 Å². The normalized spacial score (nSPS) is 13.4. The summed E-state index contributed by atoms with van der Waals surface area (Å²) in [4.78, 5) is 0. The molecular weight excluding hydrogens is 371 g/mol. The Kier molecular flexibility index (Phi) is 2.96. The molecule has 1 aliphatic carbocycles.